The van der Waals surface area contributed by atoms with Gasteiger partial charge in [0.15, 0.2) is 0 Å². The number of carbonyl (C=O) groups excluding carboxylic acids is 1. The van der Waals surface area contributed by atoms with Gasteiger partial charge in [-0.25, -0.2) is 0 Å². The van der Waals surface area contributed by atoms with Gasteiger partial charge in [0, 0.05) is 12.8 Å². The summed E-state index contributed by atoms with van der Waals surface area (Å²) in [5, 5.41) is 22.9. The number of aliphatic hydroxyl groups excluding tert-OH is 2. The molecule has 4 fully saturated rings. The minimum atomic E-state index is -0.300. The number of aliphatic hydroxyl groups is 2. The van der Waals surface area contributed by atoms with E-state index in [1.165, 1.54) is 25.7 Å². The number of carbonyl (C=O) groups is 1. The maximum Gasteiger partial charge on any atom is 0.133 e. The fraction of sp³-hybridized carbons (Fsp3) is 0.963. The van der Waals surface area contributed by atoms with Gasteiger partial charge in [0.1, 0.15) is 5.78 Å². The van der Waals surface area contributed by atoms with E-state index in [4.69, 9.17) is 0 Å². The molecule has 0 aromatic rings. The molecule has 30 heavy (non-hydrogen) atoms. The molecular weight excluding hydrogens is 372 g/mol. The zero-order chi connectivity index (χ0) is 21.8. The Labute approximate surface area is 184 Å². The predicted octanol–water partition coefficient (Wildman–Crippen LogP) is 5.62. The summed E-state index contributed by atoms with van der Waals surface area (Å²) in [6.45, 7) is 11.8. The van der Waals surface area contributed by atoms with Gasteiger partial charge in [-0.3, -0.25) is 4.79 Å². The highest BCUT2D eigenvalue weighted by molar-refractivity contribution is 5.79. The van der Waals surface area contributed by atoms with Gasteiger partial charge in [-0.1, -0.05) is 53.9 Å². The number of hydrogen-bond donors (Lipinski definition) is 2. The van der Waals surface area contributed by atoms with Gasteiger partial charge in [-0.15, -0.1) is 0 Å². The Morgan fingerprint density at radius 1 is 1.03 bits per heavy atom. The van der Waals surface area contributed by atoms with Crippen LogP contribution in [0.4, 0.5) is 0 Å². The Balaban J connectivity index is 1.56. The van der Waals surface area contributed by atoms with Crippen LogP contribution in [0.1, 0.15) is 98.8 Å². The number of fused-ring (bicyclic) bond motifs is 5. The summed E-state index contributed by atoms with van der Waals surface area (Å²) in [7, 11) is 0. The van der Waals surface area contributed by atoms with E-state index in [2.05, 4.69) is 34.6 Å². The number of hydrogen-bond acceptors (Lipinski definition) is 3. The summed E-state index contributed by atoms with van der Waals surface area (Å²) in [6.07, 6.45) is 9.54. The van der Waals surface area contributed by atoms with E-state index in [0.29, 0.717) is 54.1 Å². The summed E-state index contributed by atoms with van der Waals surface area (Å²) in [6, 6.07) is 0. The van der Waals surface area contributed by atoms with Crippen LogP contribution >= 0.6 is 0 Å². The monoisotopic (exact) mass is 418 g/mol. The number of ketones is 1. The van der Waals surface area contributed by atoms with Crippen molar-refractivity contribution >= 4 is 5.78 Å². The molecule has 0 aliphatic heterocycles. The molecule has 0 amide bonds. The molecule has 3 nitrogen and oxygen atoms in total. The van der Waals surface area contributed by atoms with Crippen LogP contribution in [0, 0.1) is 52.3 Å². The van der Waals surface area contributed by atoms with Crippen LogP contribution < -0.4 is 0 Å². The van der Waals surface area contributed by atoms with Crippen molar-refractivity contribution < 1.29 is 15.0 Å². The highest BCUT2D eigenvalue weighted by atomic mass is 16.3. The molecule has 172 valence electrons. The molecule has 0 aromatic carbocycles. The Hall–Kier alpha value is -0.410. The second-order valence-corrected chi connectivity index (χ2v) is 12.6. The smallest absolute Gasteiger partial charge is 0.133 e. The van der Waals surface area contributed by atoms with E-state index >= 15 is 0 Å². The van der Waals surface area contributed by atoms with E-state index < -0.39 is 0 Å². The van der Waals surface area contributed by atoms with Gasteiger partial charge in [0.05, 0.1) is 12.2 Å². The standard InChI is InChI=1S/C27H46O3/c1-16(2)7-6-8-17(3)20-9-10-21-25-22(15-24(30)27(20,21)5)26(4)12-11-19(28)13-18(26)14-23(25)29/h16-18,20-25,29-30H,6-15H2,1-5H3/t17-,18-,20-,21+,22+,23-,24+,25+,26+,27-/m1/s1. The van der Waals surface area contributed by atoms with Gasteiger partial charge < -0.3 is 10.2 Å². The van der Waals surface area contributed by atoms with E-state index in [-0.39, 0.29) is 23.0 Å². The Morgan fingerprint density at radius 2 is 1.77 bits per heavy atom. The predicted molar refractivity (Wildman–Crippen MR) is 121 cm³/mol. The van der Waals surface area contributed by atoms with Crippen LogP contribution in [-0.4, -0.2) is 28.2 Å². The first kappa shape index (κ1) is 22.8. The summed E-state index contributed by atoms with van der Waals surface area (Å²) in [5.41, 5.74) is 0.0498. The lowest BCUT2D eigenvalue weighted by Crippen LogP contribution is -2.62. The molecule has 0 saturated heterocycles. The summed E-state index contributed by atoms with van der Waals surface area (Å²) < 4.78 is 0. The zero-order valence-corrected chi connectivity index (χ0v) is 20.1. The summed E-state index contributed by atoms with van der Waals surface area (Å²) >= 11 is 0. The van der Waals surface area contributed by atoms with Crippen molar-refractivity contribution in [2.24, 2.45) is 52.3 Å². The first-order valence-corrected chi connectivity index (χ1v) is 13.0. The third-order valence-electron chi connectivity index (χ3n) is 10.8. The van der Waals surface area contributed by atoms with Crippen LogP contribution in [0.5, 0.6) is 0 Å². The Bertz CT molecular complexity index is 644. The van der Waals surface area contributed by atoms with Gasteiger partial charge in [0.25, 0.3) is 0 Å². The molecule has 0 radical (unpaired) electrons. The first-order valence-electron chi connectivity index (χ1n) is 13.0. The van der Waals surface area contributed by atoms with E-state index in [1.54, 1.807) is 0 Å². The van der Waals surface area contributed by atoms with Gasteiger partial charge in [0.2, 0.25) is 0 Å². The third-order valence-corrected chi connectivity index (χ3v) is 10.8. The SMILES string of the molecule is CC(C)CCC[C@@H](C)[C@H]1CC[C@H]2[C@@H]3[C@H](O)C[C@H]4CC(=O)CC[C@]4(C)[C@H]3C[C@H](O)[C@]12C. The van der Waals surface area contributed by atoms with Gasteiger partial charge in [-0.2, -0.15) is 0 Å². The van der Waals surface area contributed by atoms with Crippen molar-refractivity contribution in [1.29, 1.82) is 0 Å². The molecule has 2 N–H and O–H groups in total. The largest absolute Gasteiger partial charge is 0.393 e. The fourth-order valence-corrected chi connectivity index (χ4v) is 8.99. The Morgan fingerprint density at radius 3 is 2.47 bits per heavy atom. The first-order chi connectivity index (χ1) is 14.1. The third kappa shape index (κ3) is 3.51. The van der Waals surface area contributed by atoms with Crippen molar-refractivity contribution in [3.8, 4) is 0 Å². The van der Waals surface area contributed by atoms with Crippen LogP contribution in [0.2, 0.25) is 0 Å². The Kier molecular flexibility index (Phi) is 6.21. The summed E-state index contributed by atoms with van der Waals surface area (Å²) in [4.78, 5) is 12.1. The van der Waals surface area contributed by atoms with Crippen molar-refractivity contribution in [3.05, 3.63) is 0 Å². The highest BCUT2D eigenvalue weighted by Gasteiger charge is 2.65. The zero-order valence-electron chi connectivity index (χ0n) is 20.1. The minimum absolute atomic E-state index is 0.0624. The molecule has 4 aliphatic rings. The van der Waals surface area contributed by atoms with Crippen molar-refractivity contribution in [2.75, 3.05) is 0 Å². The van der Waals surface area contributed by atoms with E-state index in [0.717, 1.165) is 31.6 Å². The van der Waals surface area contributed by atoms with Crippen molar-refractivity contribution in [3.63, 3.8) is 0 Å². The van der Waals surface area contributed by atoms with Crippen LogP contribution in [0.3, 0.4) is 0 Å². The number of rotatable bonds is 5. The highest BCUT2D eigenvalue weighted by Crippen LogP contribution is 2.68. The maximum absolute atomic E-state index is 12.1. The molecule has 4 aliphatic carbocycles. The molecule has 0 heterocycles. The van der Waals surface area contributed by atoms with Crippen molar-refractivity contribution in [1.82, 2.24) is 0 Å². The minimum Gasteiger partial charge on any atom is -0.393 e. The van der Waals surface area contributed by atoms with Gasteiger partial charge in [-0.05, 0) is 84.4 Å². The molecule has 0 aromatic heterocycles. The average molecular weight is 419 g/mol. The average Bonchev–Trinajstić information content (AvgIpc) is 3.02. The lowest BCUT2D eigenvalue weighted by Gasteiger charge is -2.63. The quantitative estimate of drug-likeness (QED) is 0.609. The number of Topliss-reactive ketones (excluding diaryl/α,β-unsaturated/α-hetero) is 1. The van der Waals surface area contributed by atoms with E-state index in [1.807, 2.05) is 0 Å². The normalized spacial score (nSPS) is 49.5. The topological polar surface area (TPSA) is 57.5 Å². The van der Waals surface area contributed by atoms with E-state index in [9.17, 15) is 15.0 Å². The van der Waals surface area contributed by atoms with Crippen LogP contribution in [0.15, 0.2) is 0 Å². The molecule has 0 unspecified atom stereocenters. The van der Waals surface area contributed by atoms with Crippen LogP contribution in [-0.2, 0) is 4.79 Å². The van der Waals surface area contributed by atoms with Crippen molar-refractivity contribution in [2.45, 2.75) is 111 Å². The molecule has 10 atom stereocenters. The second-order valence-electron chi connectivity index (χ2n) is 12.6. The van der Waals surface area contributed by atoms with Crippen LogP contribution in [0.25, 0.3) is 0 Å². The lowest BCUT2D eigenvalue weighted by atomic mass is 9.43. The summed E-state index contributed by atoms with van der Waals surface area (Å²) in [5.74, 6) is 3.74. The molecule has 4 saturated carbocycles. The molecule has 3 heteroatoms. The molecular formula is C27H46O3. The fourth-order valence-electron chi connectivity index (χ4n) is 8.99. The molecule has 4 rings (SSSR count). The molecule has 0 spiro atoms. The molecule has 0 bridgehead atoms. The second kappa shape index (κ2) is 8.18. The maximum atomic E-state index is 12.1. The van der Waals surface area contributed by atoms with Gasteiger partial charge >= 0.3 is 0 Å². The lowest BCUT2D eigenvalue weighted by molar-refractivity contribution is -0.201.